The van der Waals surface area contributed by atoms with Crippen molar-refractivity contribution in [3.8, 4) is 5.75 Å². The molecule has 1 fully saturated rings. The second-order valence-corrected chi connectivity index (χ2v) is 4.99. The number of halogens is 2. The molecule has 98 valence electrons. The van der Waals surface area contributed by atoms with Crippen LogP contribution in [-0.4, -0.2) is 41.7 Å². The summed E-state index contributed by atoms with van der Waals surface area (Å²) in [6, 6.07) is 4.83. The van der Waals surface area contributed by atoms with Crippen molar-refractivity contribution in [2.45, 2.75) is 12.5 Å². The minimum Gasteiger partial charge on any atom is -0.482 e. The molecule has 1 N–H and O–H groups in total. The third kappa shape index (κ3) is 3.28. The summed E-state index contributed by atoms with van der Waals surface area (Å²) in [4.78, 5) is 13.3. The number of carbonyl (C=O) groups is 1. The zero-order valence-electron chi connectivity index (χ0n) is 9.60. The number of hydrogen-bond donors (Lipinski definition) is 1. The van der Waals surface area contributed by atoms with Gasteiger partial charge < -0.3 is 14.7 Å². The van der Waals surface area contributed by atoms with Crippen molar-refractivity contribution in [1.82, 2.24) is 4.90 Å². The number of ether oxygens (including phenoxy) is 1. The minimum atomic E-state index is -0.423. The molecule has 1 aromatic rings. The van der Waals surface area contributed by atoms with Crippen LogP contribution in [0.15, 0.2) is 18.2 Å². The third-order valence-electron chi connectivity index (χ3n) is 2.76. The molecule has 1 amide bonds. The summed E-state index contributed by atoms with van der Waals surface area (Å²) in [6.45, 7) is 0.850. The van der Waals surface area contributed by atoms with Gasteiger partial charge in [-0.25, -0.2) is 0 Å². The molecule has 0 radical (unpaired) electrons. The molecule has 1 unspecified atom stereocenters. The molecule has 2 rings (SSSR count). The molecule has 1 heterocycles. The van der Waals surface area contributed by atoms with Crippen molar-refractivity contribution >= 4 is 29.1 Å². The Labute approximate surface area is 115 Å². The van der Waals surface area contributed by atoms with Gasteiger partial charge >= 0.3 is 0 Å². The molecule has 1 saturated heterocycles. The first-order valence-electron chi connectivity index (χ1n) is 5.60. The maximum atomic E-state index is 11.8. The van der Waals surface area contributed by atoms with Crippen LogP contribution in [0.25, 0.3) is 0 Å². The maximum Gasteiger partial charge on any atom is 0.260 e. The highest BCUT2D eigenvalue weighted by atomic mass is 35.5. The van der Waals surface area contributed by atoms with E-state index in [1.807, 2.05) is 0 Å². The highest BCUT2D eigenvalue weighted by Crippen LogP contribution is 2.27. The Morgan fingerprint density at radius 3 is 2.89 bits per heavy atom. The fourth-order valence-electron chi connectivity index (χ4n) is 1.79. The van der Waals surface area contributed by atoms with Crippen molar-refractivity contribution < 1.29 is 14.6 Å². The first-order valence-corrected chi connectivity index (χ1v) is 6.35. The fourth-order valence-corrected chi connectivity index (χ4v) is 2.25. The van der Waals surface area contributed by atoms with Gasteiger partial charge in [0, 0.05) is 18.1 Å². The van der Waals surface area contributed by atoms with Crippen molar-refractivity contribution in [1.29, 1.82) is 0 Å². The Morgan fingerprint density at radius 2 is 2.28 bits per heavy atom. The predicted molar refractivity (Wildman–Crippen MR) is 69.2 cm³/mol. The first kappa shape index (κ1) is 13.5. The quantitative estimate of drug-likeness (QED) is 0.926. The monoisotopic (exact) mass is 289 g/mol. The lowest BCUT2D eigenvalue weighted by Crippen LogP contribution is -2.33. The first-order chi connectivity index (χ1) is 8.56. The lowest BCUT2D eigenvalue weighted by Gasteiger charge is -2.16. The number of hydrogen-bond acceptors (Lipinski definition) is 3. The zero-order valence-corrected chi connectivity index (χ0v) is 11.1. The van der Waals surface area contributed by atoms with E-state index in [1.54, 1.807) is 23.1 Å². The molecule has 0 bridgehead atoms. The number of aliphatic hydroxyl groups excluding tert-OH is 1. The number of amides is 1. The van der Waals surface area contributed by atoms with Crippen molar-refractivity contribution in [2.24, 2.45) is 0 Å². The summed E-state index contributed by atoms with van der Waals surface area (Å²) in [5.74, 6) is 0.270. The van der Waals surface area contributed by atoms with Crippen LogP contribution in [0.5, 0.6) is 5.75 Å². The van der Waals surface area contributed by atoms with E-state index in [9.17, 15) is 9.90 Å². The number of nitrogens with zero attached hydrogens (tertiary/aromatic N) is 1. The Hall–Kier alpha value is -0.970. The van der Waals surface area contributed by atoms with Crippen LogP contribution in [0, 0.1) is 0 Å². The number of aliphatic hydroxyl groups is 1. The van der Waals surface area contributed by atoms with Crippen LogP contribution >= 0.6 is 23.2 Å². The highest BCUT2D eigenvalue weighted by Gasteiger charge is 2.24. The normalized spacial score (nSPS) is 19.1. The largest absolute Gasteiger partial charge is 0.482 e. The van der Waals surface area contributed by atoms with Gasteiger partial charge in [-0.1, -0.05) is 23.2 Å². The van der Waals surface area contributed by atoms with E-state index in [0.29, 0.717) is 35.3 Å². The average molecular weight is 290 g/mol. The minimum absolute atomic E-state index is 0.0892. The molecule has 18 heavy (non-hydrogen) atoms. The molecule has 6 heteroatoms. The van der Waals surface area contributed by atoms with Crippen LogP contribution in [0.3, 0.4) is 0 Å². The molecule has 0 saturated carbocycles. The third-order valence-corrected chi connectivity index (χ3v) is 3.29. The molecule has 1 aromatic carbocycles. The summed E-state index contributed by atoms with van der Waals surface area (Å²) in [5, 5.41) is 10.2. The molecule has 0 aromatic heterocycles. The van der Waals surface area contributed by atoms with E-state index in [2.05, 4.69) is 0 Å². The van der Waals surface area contributed by atoms with Gasteiger partial charge in [-0.3, -0.25) is 4.79 Å². The van der Waals surface area contributed by atoms with Crippen molar-refractivity contribution in [3.63, 3.8) is 0 Å². The van der Waals surface area contributed by atoms with Gasteiger partial charge in [0.15, 0.2) is 6.61 Å². The van der Waals surface area contributed by atoms with Crippen LogP contribution in [0.1, 0.15) is 6.42 Å². The van der Waals surface area contributed by atoms with E-state index in [-0.39, 0.29) is 12.5 Å². The summed E-state index contributed by atoms with van der Waals surface area (Å²) in [7, 11) is 0. The van der Waals surface area contributed by atoms with Crippen LogP contribution < -0.4 is 4.74 Å². The molecule has 1 atom stereocenters. The number of β-amino-alcohol motifs (C(OH)–C–C–N with tert-alkyl or cyclic N) is 1. The average Bonchev–Trinajstić information content (AvgIpc) is 2.74. The maximum absolute atomic E-state index is 11.8. The number of likely N-dealkylation sites (tertiary alicyclic amines) is 1. The molecular weight excluding hydrogens is 277 g/mol. The standard InChI is InChI=1S/C12H13Cl2NO3/c13-8-1-2-11(10(14)5-8)18-7-12(17)15-4-3-9(16)6-15/h1-2,5,9,16H,3-4,6-7H2. The predicted octanol–water partition coefficient (Wildman–Crippen LogP) is 1.97. The SMILES string of the molecule is O=C(COc1ccc(Cl)cc1Cl)N1CCC(O)C1. The Bertz CT molecular complexity index is 453. The van der Waals surface area contributed by atoms with Gasteiger partial charge in [-0.15, -0.1) is 0 Å². The van der Waals surface area contributed by atoms with Gasteiger partial charge in [0.05, 0.1) is 11.1 Å². The Morgan fingerprint density at radius 1 is 1.50 bits per heavy atom. The van der Waals surface area contributed by atoms with E-state index in [4.69, 9.17) is 27.9 Å². The van der Waals surface area contributed by atoms with E-state index < -0.39 is 6.10 Å². The van der Waals surface area contributed by atoms with Crippen LogP contribution in [0.2, 0.25) is 10.0 Å². The Kier molecular flexibility index (Phi) is 4.32. The van der Waals surface area contributed by atoms with Gasteiger partial charge in [-0.05, 0) is 24.6 Å². The topological polar surface area (TPSA) is 49.8 Å². The molecule has 0 spiro atoms. The summed E-state index contributed by atoms with van der Waals surface area (Å²) < 4.78 is 5.34. The van der Waals surface area contributed by atoms with E-state index in [0.717, 1.165) is 0 Å². The molecular formula is C12H13Cl2NO3. The van der Waals surface area contributed by atoms with Crippen LogP contribution in [0.4, 0.5) is 0 Å². The van der Waals surface area contributed by atoms with Gasteiger partial charge in [0.1, 0.15) is 5.75 Å². The summed E-state index contributed by atoms with van der Waals surface area (Å²) >= 11 is 11.7. The molecule has 1 aliphatic rings. The summed E-state index contributed by atoms with van der Waals surface area (Å²) in [6.07, 6.45) is 0.195. The van der Waals surface area contributed by atoms with Crippen molar-refractivity contribution in [2.75, 3.05) is 19.7 Å². The smallest absolute Gasteiger partial charge is 0.260 e. The van der Waals surface area contributed by atoms with Crippen LogP contribution in [-0.2, 0) is 4.79 Å². The van der Waals surface area contributed by atoms with E-state index >= 15 is 0 Å². The fraction of sp³-hybridized carbons (Fsp3) is 0.417. The molecule has 4 nitrogen and oxygen atoms in total. The second-order valence-electron chi connectivity index (χ2n) is 4.15. The van der Waals surface area contributed by atoms with Gasteiger partial charge in [-0.2, -0.15) is 0 Å². The van der Waals surface area contributed by atoms with Gasteiger partial charge in [0.2, 0.25) is 0 Å². The number of carbonyl (C=O) groups excluding carboxylic acids is 1. The highest BCUT2D eigenvalue weighted by molar-refractivity contribution is 6.35. The summed E-state index contributed by atoms with van der Waals surface area (Å²) in [5.41, 5.74) is 0. The number of rotatable bonds is 3. The van der Waals surface area contributed by atoms with Gasteiger partial charge in [0.25, 0.3) is 5.91 Å². The zero-order chi connectivity index (χ0) is 13.1. The lowest BCUT2D eigenvalue weighted by atomic mass is 10.3. The second kappa shape index (κ2) is 5.78. The Balaban J connectivity index is 1.89. The lowest BCUT2D eigenvalue weighted by molar-refractivity contribution is -0.132. The number of benzene rings is 1. The molecule has 0 aliphatic carbocycles. The molecule has 1 aliphatic heterocycles. The van der Waals surface area contributed by atoms with Crippen molar-refractivity contribution in [3.05, 3.63) is 28.2 Å². The van der Waals surface area contributed by atoms with E-state index in [1.165, 1.54) is 0 Å².